The number of rotatable bonds is 2. The highest BCUT2D eigenvalue weighted by molar-refractivity contribution is 5.61. The van der Waals surface area contributed by atoms with Crippen molar-refractivity contribution in [3.8, 4) is 16.9 Å². The topological polar surface area (TPSA) is 46.5 Å². The molecule has 0 spiro atoms. The summed E-state index contributed by atoms with van der Waals surface area (Å²) in [5.41, 5.74) is 4.23. The van der Waals surface area contributed by atoms with Gasteiger partial charge in [0.2, 0.25) is 0 Å². The van der Waals surface area contributed by atoms with Gasteiger partial charge in [-0.3, -0.25) is 5.10 Å². The molecule has 0 aliphatic rings. The van der Waals surface area contributed by atoms with Crippen molar-refractivity contribution < 1.29 is 0 Å². The summed E-state index contributed by atoms with van der Waals surface area (Å²) >= 11 is 0. The van der Waals surface area contributed by atoms with Gasteiger partial charge in [-0.05, 0) is 25.1 Å². The average molecular weight is 224 g/mol. The molecule has 84 valence electrons. The third kappa shape index (κ3) is 1.63. The van der Waals surface area contributed by atoms with E-state index < -0.39 is 0 Å². The van der Waals surface area contributed by atoms with Crippen LogP contribution in [0, 0.1) is 6.92 Å². The molecular formula is C13H12N4. The van der Waals surface area contributed by atoms with Gasteiger partial charge in [-0.2, -0.15) is 10.2 Å². The summed E-state index contributed by atoms with van der Waals surface area (Å²) in [5.74, 6) is 0. The van der Waals surface area contributed by atoms with E-state index in [2.05, 4.69) is 22.2 Å². The lowest BCUT2D eigenvalue weighted by Crippen LogP contribution is -1.98. The van der Waals surface area contributed by atoms with Crippen LogP contribution < -0.4 is 0 Å². The molecule has 0 radical (unpaired) electrons. The summed E-state index contributed by atoms with van der Waals surface area (Å²) in [6, 6.07) is 12.0. The Morgan fingerprint density at radius 3 is 2.65 bits per heavy atom. The van der Waals surface area contributed by atoms with E-state index in [0.717, 1.165) is 22.6 Å². The number of para-hydroxylation sites is 1. The van der Waals surface area contributed by atoms with Gasteiger partial charge in [0, 0.05) is 11.8 Å². The summed E-state index contributed by atoms with van der Waals surface area (Å²) < 4.78 is 1.93. The second-order valence-electron chi connectivity index (χ2n) is 3.86. The molecule has 0 bridgehead atoms. The van der Waals surface area contributed by atoms with Gasteiger partial charge >= 0.3 is 0 Å². The zero-order chi connectivity index (χ0) is 11.7. The van der Waals surface area contributed by atoms with E-state index in [4.69, 9.17) is 0 Å². The fourth-order valence-corrected chi connectivity index (χ4v) is 1.91. The lowest BCUT2D eigenvalue weighted by atomic mass is 10.2. The van der Waals surface area contributed by atoms with Gasteiger partial charge in [0.05, 0.1) is 23.3 Å². The van der Waals surface area contributed by atoms with Crippen molar-refractivity contribution >= 4 is 0 Å². The van der Waals surface area contributed by atoms with Crippen LogP contribution in [0.25, 0.3) is 16.9 Å². The quantitative estimate of drug-likeness (QED) is 0.727. The molecule has 0 unspecified atom stereocenters. The SMILES string of the molecule is Cc1c(-c2ccn[nH]2)cnn1-c1ccccc1. The molecular weight excluding hydrogens is 212 g/mol. The van der Waals surface area contributed by atoms with Crippen molar-refractivity contribution in [3.05, 3.63) is 54.5 Å². The number of hydrogen-bond acceptors (Lipinski definition) is 2. The van der Waals surface area contributed by atoms with Gasteiger partial charge < -0.3 is 0 Å². The molecule has 0 fully saturated rings. The number of aromatic amines is 1. The summed E-state index contributed by atoms with van der Waals surface area (Å²) in [5, 5.41) is 11.3. The van der Waals surface area contributed by atoms with Crippen molar-refractivity contribution in [2.24, 2.45) is 0 Å². The molecule has 0 saturated carbocycles. The third-order valence-electron chi connectivity index (χ3n) is 2.80. The summed E-state index contributed by atoms with van der Waals surface area (Å²) in [6.45, 7) is 2.05. The lowest BCUT2D eigenvalue weighted by molar-refractivity contribution is 0.847. The highest BCUT2D eigenvalue weighted by Crippen LogP contribution is 2.22. The molecule has 0 amide bonds. The van der Waals surface area contributed by atoms with E-state index in [1.54, 1.807) is 6.20 Å². The second-order valence-corrected chi connectivity index (χ2v) is 3.86. The summed E-state index contributed by atoms with van der Waals surface area (Å²) in [4.78, 5) is 0. The molecule has 2 aromatic heterocycles. The van der Waals surface area contributed by atoms with Crippen LogP contribution in [-0.4, -0.2) is 20.0 Å². The Hall–Kier alpha value is -2.36. The third-order valence-corrected chi connectivity index (χ3v) is 2.80. The molecule has 2 heterocycles. The van der Waals surface area contributed by atoms with Crippen molar-refractivity contribution in [2.45, 2.75) is 6.92 Å². The zero-order valence-electron chi connectivity index (χ0n) is 9.46. The average Bonchev–Trinajstić information content (AvgIpc) is 2.99. The van der Waals surface area contributed by atoms with Crippen LogP contribution in [0.1, 0.15) is 5.69 Å². The number of H-pyrrole nitrogens is 1. The zero-order valence-corrected chi connectivity index (χ0v) is 9.46. The van der Waals surface area contributed by atoms with Gasteiger partial charge in [-0.1, -0.05) is 18.2 Å². The number of nitrogens with one attached hydrogen (secondary N) is 1. The Kier molecular flexibility index (Phi) is 2.26. The maximum Gasteiger partial charge on any atom is 0.0684 e. The molecule has 1 N–H and O–H groups in total. The molecule has 0 aliphatic carbocycles. The Labute approximate surface area is 98.9 Å². The number of aromatic nitrogens is 4. The molecule has 3 aromatic rings. The van der Waals surface area contributed by atoms with E-state index in [1.807, 2.05) is 47.3 Å². The lowest BCUT2D eigenvalue weighted by Gasteiger charge is -2.04. The van der Waals surface area contributed by atoms with Crippen molar-refractivity contribution in [1.82, 2.24) is 20.0 Å². The first-order valence-corrected chi connectivity index (χ1v) is 5.46. The molecule has 4 nitrogen and oxygen atoms in total. The minimum absolute atomic E-state index is 0.990. The Bertz CT molecular complexity index is 608. The van der Waals surface area contributed by atoms with E-state index >= 15 is 0 Å². The van der Waals surface area contributed by atoms with Gasteiger partial charge in [0.25, 0.3) is 0 Å². The summed E-state index contributed by atoms with van der Waals surface area (Å²) in [6.07, 6.45) is 3.60. The van der Waals surface area contributed by atoms with Crippen LogP contribution in [0.15, 0.2) is 48.8 Å². The molecule has 0 aliphatic heterocycles. The standard InChI is InChI=1S/C13H12N4/c1-10-12(13-7-8-14-16-13)9-15-17(10)11-5-3-2-4-6-11/h2-9H,1H3,(H,14,16). The van der Waals surface area contributed by atoms with Gasteiger partial charge in [-0.25, -0.2) is 4.68 Å². The first kappa shape index (κ1) is 9.84. The normalized spacial score (nSPS) is 10.6. The van der Waals surface area contributed by atoms with Crippen molar-refractivity contribution in [2.75, 3.05) is 0 Å². The molecule has 0 atom stereocenters. The minimum atomic E-state index is 0.990. The molecule has 4 heteroatoms. The van der Waals surface area contributed by atoms with Gasteiger partial charge in [0.1, 0.15) is 0 Å². The second kappa shape index (κ2) is 3.90. The van der Waals surface area contributed by atoms with Crippen LogP contribution >= 0.6 is 0 Å². The maximum atomic E-state index is 4.41. The predicted octanol–water partition coefficient (Wildman–Crippen LogP) is 2.57. The maximum absolute atomic E-state index is 4.41. The highest BCUT2D eigenvalue weighted by atomic mass is 15.3. The first-order valence-electron chi connectivity index (χ1n) is 5.46. The molecule has 3 rings (SSSR count). The fraction of sp³-hybridized carbons (Fsp3) is 0.0769. The van der Waals surface area contributed by atoms with E-state index in [1.165, 1.54) is 0 Å². The van der Waals surface area contributed by atoms with Crippen LogP contribution in [0.4, 0.5) is 0 Å². The first-order chi connectivity index (χ1) is 8.36. The number of nitrogens with zero attached hydrogens (tertiary/aromatic N) is 3. The van der Waals surface area contributed by atoms with E-state index in [-0.39, 0.29) is 0 Å². The van der Waals surface area contributed by atoms with E-state index in [9.17, 15) is 0 Å². The van der Waals surface area contributed by atoms with Crippen LogP contribution in [0.5, 0.6) is 0 Å². The van der Waals surface area contributed by atoms with E-state index in [0.29, 0.717) is 0 Å². The molecule has 0 saturated heterocycles. The van der Waals surface area contributed by atoms with Crippen molar-refractivity contribution in [3.63, 3.8) is 0 Å². The Morgan fingerprint density at radius 2 is 1.94 bits per heavy atom. The van der Waals surface area contributed by atoms with Crippen molar-refractivity contribution in [1.29, 1.82) is 0 Å². The predicted molar refractivity (Wildman–Crippen MR) is 65.9 cm³/mol. The van der Waals surface area contributed by atoms with Crippen LogP contribution in [0.3, 0.4) is 0 Å². The minimum Gasteiger partial charge on any atom is -0.278 e. The Morgan fingerprint density at radius 1 is 1.12 bits per heavy atom. The number of hydrogen-bond donors (Lipinski definition) is 1. The molecule has 1 aromatic carbocycles. The highest BCUT2D eigenvalue weighted by Gasteiger charge is 2.10. The largest absolute Gasteiger partial charge is 0.278 e. The number of benzene rings is 1. The monoisotopic (exact) mass is 224 g/mol. The van der Waals surface area contributed by atoms with Gasteiger partial charge in [0.15, 0.2) is 0 Å². The van der Waals surface area contributed by atoms with Crippen LogP contribution in [-0.2, 0) is 0 Å². The Balaban J connectivity index is 2.10. The summed E-state index contributed by atoms with van der Waals surface area (Å²) in [7, 11) is 0. The molecule has 17 heavy (non-hydrogen) atoms. The van der Waals surface area contributed by atoms with Gasteiger partial charge in [-0.15, -0.1) is 0 Å². The smallest absolute Gasteiger partial charge is 0.0684 e. The van der Waals surface area contributed by atoms with Crippen LogP contribution in [0.2, 0.25) is 0 Å². The fourth-order valence-electron chi connectivity index (χ4n) is 1.91.